The van der Waals surface area contributed by atoms with Crippen molar-refractivity contribution < 1.29 is 9.63 Å². The summed E-state index contributed by atoms with van der Waals surface area (Å²) in [6.45, 7) is 5.66. The van der Waals surface area contributed by atoms with E-state index in [9.17, 15) is 5.11 Å². The average Bonchev–Trinajstić information content (AvgIpc) is 2.35. The Kier molecular flexibility index (Phi) is 2.81. The van der Waals surface area contributed by atoms with Crippen molar-refractivity contribution >= 4 is 0 Å². The highest BCUT2D eigenvalue weighted by molar-refractivity contribution is 4.85. The first kappa shape index (κ1) is 9.19. The summed E-state index contributed by atoms with van der Waals surface area (Å²) in [5.41, 5.74) is 0. The van der Waals surface area contributed by atoms with E-state index in [2.05, 4.69) is 10.1 Å². The summed E-state index contributed by atoms with van der Waals surface area (Å²) in [5.74, 6) is 1.34. The normalized spacial score (nSPS) is 13.8. The van der Waals surface area contributed by atoms with Crippen molar-refractivity contribution in [3.8, 4) is 0 Å². The van der Waals surface area contributed by atoms with Gasteiger partial charge in [-0.25, -0.2) is 0 Å². The lowest BCUT2D eigenvalue weighted by molar-refractivity contribution is 0.116. The lowest BCUT2D eigenvalue weighted by Gasteiger charge is -2.10. The third-order valence-electron chi connectivity index (χ3n) is 1.72. The maximum Gasteiger partial charge on any atom is 0.229 e. The van der Waals surface area contributed by atoms with Crippen molar-refractivity contribution in [3.63, 3.8) is 0 Å². The lowest BCUT2D eigenvalue weighted by Crippen LogP contribution is -2.17. The fourth-order valence-electron chi connectivity index (χ4n) is 0.838. The second-order valence-electron chi connectivity index (χ2n) is 3.25. The third kappa shape index (κ3) is 2.30. The Morgan fingerprint density at radius 1 is 1.50 bits per heavy atom. The average molecular weight is 170 g/mol. The van der Waals surface area contributed by atoms with Crippen LogP contribution in [-0.4, -0.2) is 21.4 Å². The predicted octanol–water partition coefficient (Wildman–Crippen LogP) is 0.937. The first-order chi connectivity index (χ1) is 5.59. The summed E-state index contributed by atoms with van der Waals surface area (Å²) in [5, 5.41) is 13.1. The smallest absolute Gasteiger partial charge is 0.229 e. The van der Waals surface area contributed by atoms with Crippen molar-refractivity contribution in [1.29, 1.82) is 0 Å². The molecule has 0 spiro atoms. The van der Waals surface area contributed by atoms with Gasteiger partial charge in [-0.1, -0.05) is 19.0 Å². The topological polar surface area (TPSA) is 59.2 Å². The summed E-state index contributed by atoms with van der Waals surface area (Å²) in [6.07, 6.45) is 0.0447. The van der Waals surface area contributed by atoms with E-state index in [-0.39, 0.29) is 5.92 Å². The van der Waals surface area contributed by atoms with Crippen molar-refractivity contribution in [2.75, 3.05) is 0 Å². The van der Waals surface area contributed by atoms with E-state index in [4.69, 9.17) is 4.52 Å². The van der Waals surface area contributed by atoms with Gasteiger partial charge in [0.2, 0.25) is 5.89 Å². The molecular formula is C8H14N2O2. The van der Waals surface area contributed by atoms with Crippen LogP contribution in [0.5, 0.6) is 0 Å². The second-order valence-corrected chi connectivity index (χ2v) is 3.25. The zero-order chi connectivity index (χ0) is 9.14. The molecule has 68 valence electrons. The zero-order valence-electron chi connectivity index (χ0n) is 7.61. The highest BCUT2D eigenvalue weighted by Gasteiger charge is 2.13. The van der Waals surface area contributed by atoms with Crippen LogP contribution >= 0.6 is 0 Å². The van der Waals surface area contributed by atoms with E-state index in [1.807, 2.05) is 13.8 Å². The molecule has 1 N–H and O–H groups in total. The SMILES string of the molecule is Cc1noc(CC(O)C(C)C)n1. The summed E-state index contributed by atoms with van der Waals surface area (Å²) in [7, 11) is 0. The van der Waals surface area contributed by atoms with Gasteiger partial charge in [-0.05, 0) is 12.8 Å². The van der Waals surface area contributed by atoms with Gasteiger partial charge in [0.1, 0.15) is 0 Å². The quantitative estimate of drug-likeness (QED) is 0.733. The molecule has 1 unspecified atom stereocenters. The molecule has 0 aromatic carbocycles. The minimum Gasteiger partial charge on any atom is -0.392 e. The monoisotopic (exact) mass is 170 g/mol. The van der Waals surface area contributed by atoms with Crippen LogP contribution in [0, 0.1) is 12.8 Å². The number of hydrogen-bond donors (Lipinski definition) is 1. The first-order valence-corrected chi connectivity index (χ1v) is 4.07. The van der Waals surface area contributed by atoms with Crippen LogP contribution in [0.25, 0.3) is 0 Å². The van der Waals surface area contributed by atoms with Crippen LogP contribution in [0.4, 0.5) is 0 Å². The highest BCUT2D eigenvalue weighted by Crippen LogP contribution is 2.07. The van der Waals surface area contributed by atoms with E-state index in [1.165, 1.54) is 0 Å². The molecule has 0 radical (unpaired) electrons. The van der Waals surface area contributed by atoms with Crippen LogP contribution in [-0.2, 0) is 6.42 Å². The number of hydrogen-bond acceptors (Lipinski definition) is 4. The Morgan fingerprint density at radius 2 is 2.17 bits per heavy atom. The number of aliphatic hydroxyl groups excluding tert-OH is 1. The number of rotatable bonds is 3. The number of aliphatic hydroxyl groups is 1. The summed E-state index contributed by atoms with van der Waals surface area (Å²) in [4.78, 5) is 4.00. The molecule has 0 aliphatic heterocycles. The number of nitrogens with zero attached hydrogens (tertiary/aromatic N) is 2. The Bertz CT molecular complexity index is 245. The molecule has 0 aliphatic carbocycles. The molecule has 1 aromatic rings. The predicted molar refractivity (Wildman–Crippen MR) is 43.6 cm³/mol. The van der Waals surface area contributed by atoms with Crippen LogP contribution in [0.15, 0.2) is 4.52 Å². The van der Waals surface area contributed by atoms with Gasteiger partial charge in [-0.3, -0.25) is 0 Å². The molecule has 0 saturated carbocycles. The Balaban J connectivity index is 2.52. The van der Waals surface area contributed by atoms with Gasteiger partial charge in [0.05, 0.1) is 12.5 Å². The molecule has 1 atom stereocenters. The summed E-state index contributed by atoms with van der Waals surface area (Å²) >= 11 is 0. The molecule has 0 aliphatic rings. The summed E-state index contributed by atoms with van der Waals surface area (Å²) < 4.78 is 4.86. The summed E-state index contributed by atoms with van der Waals surface area (Å²) in [6, 6.07) is 0. The van der Waals surface area contributed by atoms with Gasteiger partial charge in [0.25, 0.3) is 0 Å². The molecule has 0 saturated heterocycles. The molecule has 4 heteroatoms. The molecule has 4 nitrogen and oxygen atoms in total. The van der Waals surface area contributed by atoms with Gasteiger partial charge in [-0.15, -0.1) is 0 Å². The zero-order valence-corrected chi connectivity index (χ0v) is 7.61. The highest BCUT2D eigenvalue weighted by atomic mass is 16.5. The maximum absolute atomic E-state index is 9.46. The molecule has 0 amide bonds. The van der Waals surface area contributed by atoms with Crippen LogP contribution < -0.4 is 0 Å². The van der Waals surface area contributed by atoms with Gasteiger partial charge in [0, 0.05) is 0 Å². The van der Waals surface area contributed by atoms with Gasteiger partial charge in [-0.2, -0.15) is 4.98 Å². The van der Waals surface area contributed by atoms with Crippen molar-refractivity contribution in [2.45, 2.75) is 33.3 Å². The molecule has 1 aromatic heterocycles. The Hall–Kier alpha value is -0.900. The van der Waals surface area contributed by atoms with E-state index in [0.717, 1.165) is 0 Å². The third-order valence-corrected chi connectivity index (χ3v) is 1.72. The fraction of sp³-hybridized carbons (Fsp3) is 0.750. The van der Waals surface area contributed by atoms with Crippen LogP contribution in [0.3, 0.4) is 0 Å². The van der Waals surface area contributed by atoms with E-state index in [0.29, 0.717) is 18.1 Å². The van der Waals surface area contributed by atoms with Crippen molar-refractivity contribution in [3.05, 3.63) is 11.7 Å². The molecular weight excluding hydrogens is 156 g/mol. The van der Waals surface area contributed by atoms with Gasteiger partial charge in [0.15, 0.2) is 5.82 Å². The van der Waals surface area contributed by atoms with E-state index in [1.54, 1.807) is 6.92 Å². The van der Waals surface area contributed by atoms with Gasteiger partial charge >= 0.3 is 0 Å². The fourth-order valence-corrected chi connectivity index (χ4v) is 0.838. The number of aryl methyl sites for hydroxylation is 1. The molecule has 12 heavy (non-hydrogen) atoms. The second kappa shape index (κ2) is 3.67. The largest absolute Gasteiger partial charge is 0.392 e. The van der Waals surface area contributed by atoms with E-state index >= 15 is 0 Å². The van der Waals surface area contributed by atoms with Crippen molar-refractivity contribution in [1.82, 2.24) is 10.1 Å². The maximum atomic E-state index is 9.46. The minimum atomic E-state index is -0.398. The molecule has 0 bridgehead atoms. The van der Waals surface area contributed by atoms with Crippen molar-refractivity contribution in [2.24, 2.45) is 5.92 Å². The van der Waals surface area contributed by atoms with Crippen LogP contribution in [0.2, 0.25) is 0 Å². The first-order valence-electron chi connectivity index (χ1n) is 4.07. The number of aromatic nitrogens is 2. The van der Waals surface area contributed by atoms with E-state index < -0.39 is 6.10 Å². The van der Waals surface area contributed by atoms with Crippen LogP contribution in [0.1, 0.15) is 25.6 Å². The Labute approximate surface area is 71.6 Å². The molecule has 1 heterocycles. The lowest BCUT2D eigenvalue weighted by atomic mass is 10.0. The molecule has 0 fully saturated rings. The molecule has 1 rings (SSSR count). The van der Waals surface area contributed by atoms with Gasteiger partial charge < -0.3 is 9.63 Å². The standard InChI is InChI=1S/C8H14N2O2/c1-5(2)7(11)4-8-9-6(3)10-12-8/h5,7,11H,4H2,1-3H3. The minimum absolute atomic E-state index is 0.220. The Morgan fingerprint density at radius 3 is 2.58 bits per heavy atom.